The predicted octanol–water partition coefficient (Wildman–Crippen LogP) is 1.30. The van der Waals surface area contributed by atoms with E-state index in [9.17, 15) is 9.59 Å². The molecule has 0 aliphatic rings. The summed E-state index contributed by atoms with van der Waals surface area (Å²) >= 11 is 0. The lowest BCUT2D eigenvalue weighted by Gasteiger charge is -1.99. The standard InChI is InChI=1S/C15H15NO4/c17-9-3-8-16-14(18)7-6-11-10-20-13-5-2-1-4-12(13)15(11)19/h1-2,4-7,10,17H,3,8-9H2,(H,16,18)/b7-6+. The number of nitrogens with one attached hydrogen (secondary N) is 1. The van der Waals surface area contributed by atoms with E-state index in [0.29, 0.717) is 29.5 Å². The van der Waals surface area contributed by atoms with Crippen LogP contribution in [0, 0.1) is 0 Å². The molecule has 0 saturated carbocycles. The fourth-order valence-corrected chi connectivity index (χ4v) is 1.72. The minimum Gasteiger partial charge on any atom is -0.463 e. The van der Waals surface area contributed by atoms with Gasteiger partial charge < -0.3 is 14.8 Å². The van der Waals surface area contributed by atoms with E-state index in [2.05, 4.69) is 5.32 Å². The Hall–Kier alpha value is -2.40. The lowest BCUT2D eigenvalue weighted by molar-refractivity contribution is -0.116. The van der Waals surface area contributed by atoms with E-state index >= 15 is 0 Å². The van der Waals surface area contributed by atoms with Gasteiger partial charge in [-0.15, -0.1) is 0 Å². The zero-order valence-electron chi connectivity index (χ0n) is 10.8. The van der Waals surface area contributed by atoms with E-state index in [4.69, 9.17) is 9.52 Å². The number of hydrogen-bond acceptors (Lipinski definition) is 4. The Morgan fingerprint density at radius 3 is 2.95 bits per heavy atom. The molecule has 0 spiro atoms. The number of carbonyl (C=O) groups is 1. The molecule has 0 aliphatic heterocycles. The van der Waals surface area contributed by atoms with Crippen molar-refractivity contribution >= 4 is 23.0 Å². The van der Waals surface area contributed by atoms with Crippen molar-refractivity contribution in [3.8, 4) is 0 Å². The third kappa shape index (κ3) is 3.33. The molecule has 2 aromatic rings. The predicted molar refractivity (Wildman–Crippen MR) is 76.2 cm³/mol. The molecule has 0 aliphatic carbocycles. The van der Waals surface area contributed by atoms with Gasteiger partial charge in [-0.05, 0) is 24.6 Å². The van der Waals surface area contributed by atoms with Crippen LogP contribution in [0.4, 0.5) is 0 Å². The second-order valence-electron chi connectivity index (χ2n) is 4.22. The Balaban J connectivity index is 2.16. The molecular formula is C15H15NO4. The van der Waals surface area contributed by atoms with Crippen LogP contribution in [0.5, 0.6) is 0 Å². The van der Waals surface area contributed by atoms with Gasteiger partial charge >= 0.3 is 0 Å². The van der Waals surface area contributed by atoms with E-state index in [1.54, 1.807) is 24.3 Å². The van der Waals surface area contributed by atoms with Crippen LogP contribution in [0.1, 0.15) is 12.0 Å². The first kappa shape index (κ1) is 14.0. The van der Waals surface area contributed by atoms with Crippen molar-refractivity contribution in [3.63, 3.8) is 0 Å². The smallest absolute Gasteiger partial charge is 0.244 e. The van der Waals surface area contributed by atoms with E-state index in [-0.39, 0.29) is 17.9 Å². The topological polar surface area (TPSA) is 79.5 Å². The number of para-hydroxylation sites is 1. The van der Waals surface area contributed by atoms with Crippen LogP contribution in [0.25, 0.3) is 17.0 Å². The Bertz CT molecular complexity index is 688. The summed E-state index contributed by atoms with van der Waals surface area (Å²) in [5.41, 5.74) is 0.661. The zero-order valence-corrected chi connectivity index (χ0v) is 10.8. The van der Waals surface area contributed by atoms with Gasteiger partial charge in [-0.25, -0.2) is 0 Å². The summed E-state index contributed by atoms with van der Waals surface area (Å²) in [6.45, 7) is 0.421. The van der Waals surface area contributed by atoms with Gasteiger partial charge in [0.15, 0.2) is 5.43 Å². The third-order valence-electron chi connectivity index (χ3n) is 2.76. The van der Waals surface area contributed by atoms with Crippen LogP contribution in [-0.4, -0.2) is 24.2 Å². The monoisotopic (exact) mass is 273 g/mol. The van der Waals surface area contributed by atoms with Crippen LogP contribution in [0.2, 0.25) is 0 Å². The van der Waals surface area contributed by atoms with E-state index in [0.717, 1.165) is 0 Å². The molecule has 2 rings (SSSR count). The van der Waals surface area contributed by atoms with Gasteiger partial charge in [-0.3, -0.25) is 9.59 Å². The second kappa shape index (κ2) is 6.68. The maximum absolute atomic E-state index is 12.1. The normalized spacial score (nSPS) is 11.1. The summed E-state index contributed by atoms with van der Waals surface area (Å²) in [6.07, 6.45) is 4.53. The maximum atomic E-state index is 12.1. The molecule has 5 heteroatoms. The van der Waals surface area contributed by atoms with Gasteiger partial charge in [0, 0.05) is 19.2 Å². The molecule has 0 bridgehead atoms. The SMILES string of the molecule is O=C(/C=C/c1coc2ccccc2c1=O)NCCCO. The molecule has 104 valence electrons. The van der Waals surface area contributed by atoms with Gasteiger partial charge in [0.25, 0.3) is 0 Å². The van der Waals surface area contributed by atoms with Crippen molar-refractivity contribution in [3.05, 3.63) is 52.4 Å². The average molecular weight is 273 g/mol. The largest absolute Gasteiger partial charge is 0.463 e. The Kier molecular flexibility index (Phi) is 4.68. The minimum absolute atomic E-state index is 0.0260. The maximum Gasteiger partial charge on any atom is 0.244 e. The number of rotatable bonds is 5. The molecule has 0 fully saturated rings. The van der Waals surface area contributed by atoms with Gasteiger partial charge in [-0.1, -0.05) is 12.1 Å². The molecule has 2 N–H and O–H groups in total. The zero-order chi connectivity index (χ0) is 14.4. The Morgan fingerprint density at radius 1 is 1.35 bits per heavy atom. The van der Waals surface area contributed by atoms with Crippen LogP contribution in [-0.2, 0) is 4.79 Å². The molecule has 0 saturated heterocycles. The molecule has 0 unspecified atom stereocenters. The number of fused-ring (bicyclic) bond motifs is 1. The van der Waals surface area contributed by atoms with Crippen molar-refractivity contribution in [2.45, 2.75) is 6.42 Å². The van der Waals surface area contributed by atoms with E-state index in [1.165, 1.54) is 18.4 Å². The molecule has 5 nitrogen and oxygen atoms in total. The van der Waals surface area contributed by atoms with Crippen LogP contribution in [0.15, 0.2) is 45.8 Å². The Labute approximate surface area is 115 Å². The van der Waals surface area contributed by atoms with Gasteiger partial charge in [-0.2, -0.15) is 0 Å². The molecular weight excluding hydrogens is 258 g/mol. The number of aliphatic hydroxyl groups is 1. The lowest BCUT2D eigenvalue weighted by Crippen LogP contribution is -2.22. The van der Waals surface area contributed by atoms with Crippen molar-refractivity contribution in [2.24, 2.45) is 0 Å². The molecule has 1 amide bonds. The molecule has 0 atom stereocenters. The first-order valence-corrected chi connectivity index (χ1v) is 6.29. The highest BCUT2D eigenvalue weighted by Gasteiger charge is 2.04. The summed E-state index contributed by atoms with van der Waals surface area (Å²) in [5.74, 6) is -0.314. The van der Waals surface area contributed by atoms with Crippen molar-refractivity contribution < 1.29 is 14.3 Å². The number of aliphatic hydroxyl groups excluding tert-OH is 1. The van der Waals surface area contributed by atoms with Crippen molar-refractivity contribution in [1.82, 2.24) is 5.32 Å². The lowest BCUT2D eigenvalue weighted by atomic mass is 10.1. The summed E-state index contributed by atoms with van der Waals surface area (Å²) < 4.78 is 5.34. The summed E-state index contributed by atoms with van der Waals surface area (Å²) in [4.78, 5) is 23.6. The summed E-state index contributed by atoms with van der Waals surface area (Å²) in [7, 11) is 0. The number of carbonyl (C=O) groups excluding carboxylic acids is 1. The molecule has 20 heavy (non-hydrogen) atoms. The van der Waals surface area contributed by atoms with E-state index < -0.39 is 0 Å². The highest BCUT2D eigenvalue weighted by molar-refractivity contribution is 5.92. The second-order valence-corrected chi connectivity index (χ2v) is 4.22. The average Bonchev–Trinajstić information content (AvgIpc) is 2.47. The van der Waals surface area contributed by atoms with E-state index in [1.807, 2.05) is 0 Å². The highest BCUT2D eigenvalue weighted by atomic mass is 16.3. The summed E-state index contributed by atoms with van der Waals surface area (Å²) in [6, 6.07) is 6.94. The third-order valence-corrected chi connectivity index (χ3v) is 2.76. The van der Waals surface area contributed by atoms with Gasteiger partial charge in [0.1, 0.15) is 11.8 Å². The highest BCUT2D eigenvalue weighted by Crippen LogP contribution is 2.10. The molecule has 1 aromatic carbocycles. The molecule has 1 aromatic heterocycles. The van der Waals surface area contributed by atoms with Gasteiger partial charge in [0.2, 0.25) is 5.91 Å². The van der Waals surface area contributed by atoms with Crippen LogP contribution < -0.4 is 10.7 Å². The fraction of sp³-hybridized carbons (Fsp3) is 0.200. The quantitative estimate of drug-likeness (QED) is 0.636. The van der Waals surface area contributed by atoms with Crippen molar-refractivity contribution in [2.75, 3.05) is 13.2 Å². The summed E-state index contributed by atoms with van der Waals surface area (Å²) in [5, 5.41) is 11.7. The minimum atomic E-state index is -0.314. The van der Waals surface area contributed by atoms with Gasteiger partial charge in [0.05, 0.1) is 10.9 Å². The van der Waals surface area contributed by atoms with Crippen LogP contribution in [0.3, 0.4) is 0 Å². The molecule has 1 heterocycles. The first-order valence-electron chi connectivity index (χ1n) is 6.29. The van der Waals surface area contributed by atoms with Crippen molar-refractivity contribution in [1.29, 1.82) is 0 Å². The van der Waals surface area contributed by atoms with Crippen LogP contribution >= 0.6 is 0 Å². The number of benzene rings is 1. The Morgan fingerprint density at radius 2 is 2.15 bits per heavy atom. The number of amides is 1. The first-order chi connectivity index (χ1) is 9.72. The molecule has 0 radical (unpaired) electrons. The fourth-order valence-electron chi connectivity index (χ4n) is 1.72. The number of hydrogen-bond donors (Lipinski definition) is 2.